The van der Waals surface area contributed by atoms with Crippen molar-refractivity contribution >= 4 is 57.1 Å². The second kappa shape index (κ2) is 9.54. The third-order valence-electron chi connectivity index (χ3n) is 5.03. The Balaban J connectivity index is 1.32. The summed E-state index contributed by atoms with van der Waals surface area (Å²) in [6.45, 7) is 0.286. The number of thioether (sulfide) groups is 1. The summed E-state index contributed by atoms with van der Waals surface area (Å²) in [5.41, 5.74) is 2.74. The van der Waals surface area contributed by atoms with Gasteiger partial charge in [0.05, 0.1) is 12.0 Å². The maximum absolute atomic E-state index is 13.1. The monoisotopic (exact) mass is 469 g/mol. The number of methoxy groups -OCH3 is 1. The normalized spacial score (nSPS) is 15.1. The smallest absolute Gasteiger partial charge is 0.266 e. The quantitative estimate of drug-likeness (QED) is 0.406. The highest BCUT2D eigenvalue weighted by molar-refractivity contribution is 8.26. The van der Waals surface area contributed by atoms with Gasteiger partial charge in [-0.1, -0.05) is 36.1 Å². The zero-order valence-corrected chi connectivity index (χ0v) is 18.8. The van der Waals surface area contributed by atoms with Crippen LogP contribution in [0.3, 0.4) is 0 Å². The van der Waals surface area contributed by atoms with Crippen molar-refractivity contribution in [3.8, 4) is 5.75 Å². The van der Waals surface area contributed by atoms with Crippen LogP contribution in [0.25, 0.3) is 17.0 Å². The van der Waals surface area contributed by atoms with Crippen LogP contribution in [0.1, 0.15) is 11.1 Å². The molecule has 1 aliphatic rings. The minimum Gasteiger partial charge on any atom is -0.497 e. The van der Waals surface area contributed by atoms with E-state index in [1.54, 1.807) is 25.3 Å². The third kappa shape index (κ3) is 4.84. The van der Waals surface area contributed by atoms with Gasteiger partial charge in [0.1, 0.15) is 22.4 Å². The number of hydrogen-bond acceptors (Lipinski definition) is 5. The molecule has 0 atom stereocenters. The van der Waals surface area contributed by atoms with Crippen LogP contribution in [0.4, 0.5) is 4.39 Å². The first kappa shape index (κ1) is 22.0. The molecule has 6 nitrogen and oxygen atoms in total. The lowest BCUT2D eigenvalue weighted by Gasteiger charge is -2.14. The Labute approximate surface area is 193 Å². The number of fused-ring (bicyclic) bond motifs is 1. The van der Waals surface area contributed by atoms with Gasteiger partial charge in [-0.05, 0) is 47.9 Å². The van der Waals surface area contributed by atoms with Gasteiger partial charge in [0, 0.05) is 29.7 Å². The molecule has 0 radical (unpaired) electrons. The Morgan fingerprint density at radius 1 is 1.28 bits per heavy atom. The first-order chi connectivity index (χ1) is 15.4. The van der Waals surface area contributed by atoms with E-state index in [2.05, 4.69) is 10.3 Å². The summed E-state index contributed by atoms with van der Waals surface area (Å²) < 4.78 is 18.6. The molecule has 9 heteroatoms. The Bertz CT molecular complexity index is 1220. The average molecular weight is 470 g/mol. The first-order valence-corrected chi connectivity index (χ1v) is 11.1. The number of amides is 2. The van der Waals surface area contributed by atoms with Crippen LogP contribution >= 0.6 is 24.0 Å². The van der Waals surface area contributed by atoms with Gasteiger partial charge in [0.15, 0.2) is 0 Å². The zero-order chi connectivity index (χ0) is 22.7. The van der Waals surface area contributed by atoms with Crippen molar-refractivity contribution in [2.45, 2.75) is 6.42 Å². The Morgan fingerprint density at radius 3 is 2.81 bits per heavy atom. The Morgan fingerprint density at radius 2 is 2.06 bits per heavy atom. The van der Waals surface area contributed by atoms with Crippen LogP contribution in [-0.2, 0) is 16.0 Å². The second-order valence-corrected chi connectivity index (χ2v) is 8.82. The molecule has 1 saturated heterocycles. The molecule has 0 spiro atoms. The number of nitrogens with zero attached hydrogens (tertiary/aromatic N) is 1. The number of aromatic nitrogens is 1. The average Bonchev–Trinajstić information content (AvgIpc) is 3.30. The van der Waals surface area contributed by atoms with E-state index in [1.807, 2.05) is 24.4 Å². The number of hydrogen-bond donors (Lipinski definition) is 2. The molecule has 1 fully saturated rings. The van der Waals surface area contributed by atoms with Gasteiger partial charge < -0.3 is 15.0 Å². The van der Waals surface area contributed by atoms with E-state index in [0.29, 0.717) is 27.8 Å². The minimum atomic E-state index is -0.348. The lowest BCUT2D eigenvalue weighted by Crippen LogP contribution is -2.40. The van der Waals surface area contributed by atoms with E-state index < -0.39 is 0 Å². The second-order valence-electron chi connectivity index (χ2n) is 7.14. The van der Waals surface area contributed by atoms with E-state index in [9.17, 15) is 14.0 Å². The number of nitrogens with one attached hydrogen (secondary N) is 2. The number of carbonyl (C=O) groups excluding carboxylic acids is 2. The first-order valence-electron chi connectivity index (χ1n) is 9.86. The Hall–Kier alpha value is -3.17. The fourth-order valence-electron chi connectivity index (χ4n) is 3.38. The molecule has 0 aliphatic carbocycles. The summed E-state index contributed by atoms with van der Waals surface area (Å²) in [6.07, 6.45) is 4.20. The summed E-state index contributed by atoms with van der Waals surface area (Å²) in [4.78, 5) is 30.0. The molecule has 4 rings (SSSR count). The number of halogens is 1. The van der Waals surface area contributed by atoms with Crippen molar-refractivity contribution < 1.29 is 18.7 Å². The number of H-pyrrole nitrogens is 1. The summed E-state index contributed by atoms with van der Waals surface area (Å²) in [5.74, 6) is -0.189. The summed E-state index contributed by atoms with van der Waals surface area (Å²) in [5, 5.41) is 3.92. The number of carbonyl (C=O) groups is 2. The van der Waals surface area contributed by atoms with E-state index >= 15 is 0 Å². The van der Waals surface area contributed by atoms with E-state index in [0.717, 1.165) is 34.0 Å². The highest BCUT2D eigenvalue weighted by atomic mass is 32.2. The van der Waals surface area contributed by atoms with Gasteiger partial charge in [0.2, 0.25) is 5.91 Å². The van der Waals surface area contributed by atoms with Crippen molar-refractivity contribution in [1.82, 2.24) is 15.2 Å². The molecule has 2 heterocycles. The minimum absolute atomic E-state index is 0.142. The lowest BCUT2D eigenvalue weighted by molar-refractivity contribution is -0.128. The largest absolute Gasteiger partial charge is 0.497 e. The highest BCUT2D eigenvalue weighted by Gasteiger charge is 2.33. The van der Waals surface area contributed by atoms with Crippen LogP contribution in [-0.4, -0.2) is 46.2 Å². The standard InChI is InChI=1S/C23H20FN3O3S2/c1-30-17-6-7-18-15(12-26-19(18)11-17)8-9-25-21(28)13-27-22(29)20(32-23(27)31)10-14-2-4-16(24)5-3-14/h2-7,10-12,26H,8-9,13H2,1H3,(H,25,28). The molecule has 2 amide bonds. The maximum Gasteiger partial charge on any atom is 0.266 e. The van der Waals surface area contributed by atoms with Crippen molar-refractivity contribution in [1.29, 1.82) is 0 Å². The van der Waals surface area contributed by atoms with Gasteiger partial charge in [-0.25, -0.2) is 4.39 Å². The molecular weight excluding hydrogens is 449 g/mol. The van der Waals surface area contributed by atoms with Gasteiger partial charge in [-0.2, -0.15) is 0 Å². The molecule has 0 bridgehead atoms. The lowest BCUT2D eigenvalue weighted by atomic mass is 10.1. The van der Waals surface area contributed by atoms with Gasteiger partial charge in [-0.3, -0.25) is 14.5 Å². The van der Waals surface area contributed by atoms with Crippen molar-refractivity contribution in [3.05, 3.63) is 70.5 Å². The van der Waals surface area contributed by atoms with Gasteiger partial charge >= 0.3 is 0 Å². The molecule has 0 unspecified atom stereocenters. The van der Waals surface area contributed by atoms with Crippen LogP contribution in [0.15, 0.2) is 53.6 Å². The van der Waals surface area contributed by atoms with Crippen molar-refractivity contribution in [3.63, 3.8) is 0 Å². The number of ether oxygens (including phenoxy) is 1. The molecule has 0 saturated carbocycles. The maximum atomic E-state index is 13.1. The van der Waals surface area contributed by atoms with Crippen molar-refractivity contribution in [2.75, 3.05) is 20.2 Å². The molecule has 1 aliphatic heterocycles. The molecule has 3 aromatic rings. The summed E-state index contributed by atoms with van der Waals surface area (Å²) >= 11 is 6.40. The Kier molecular flexibility index (Phi) is 6.57. The van der Waals surface area contributed by atoms with Gasteiger partial charge in [0.25, 0.3) is 5.91 Å². The molecular formula is C23H20FN3O3S2. The molecule has 2 N–H and O–H groups in total. The molecule has 1 aromatic heterocycles. The van der Waals surface area contributed by atoms with Crippen LogP contribution in [0.2, 0.25) is 0 Å². The zero-order valence-electron chi connectivity index (χ0n) is 17.2. The van der Waals surface area contributed by atoms with Crippen LogP contribution in [0, 0.1) is 5.82 Å². The summed E-state index contributed by atoms with van der Waals surface area (Å²) in [6, 6.07) is 11.6. The summed E-state index contributed by atoms with van der Waals surface area (Å²) in [7, 11) is 1.62. The predicted molar refractivity (Wildman–Crippen MR) is 128 cm³/mol. The predicted octanol–water partition coefficient (Wildman–Crippen LogP) is 3.88. The fourth-order valence-corrected chi connectivity index (χ4v) is 4.64. The third-order valence-corrected chi connectivity index (χ3v) is 6.41. The number of thiocarbonyl (C=S) groups is 1. The van der Waals surface area contributed by atoms with Crippen LogP contribution < -0.4 is 10.1 Å². The van der Waals surface area contributed by atoms with Crippen molar-refractivity contribution in [2.24, 2.45) is 0 Å². The van der Waals surface area contributed by atoms with Gasteiger partial charge in [-0.15, -0.1) is 0 Å². The SMILES string of the molecule is COc1ccc2c(CCNC(=O)CN3C(=O)C(=Cc4ccc(F)cc4)SC3=S)c[nH]c2c1. The topological polar surface area (TPSA) is 74.4 Å². The number of benzene rings is 2. The van der Waals surface area contributed by atoms with E-state index in [1.165, 1.54) is 17.0 Å². The fraction of sp³-hybridized carbons (Fsp3) is 0.174. The highest BCUT2D eigenvalue weighted by Crippen LogP contribution is 2.32. The van der Waals surface area contributed by atoms with E-state index in [4.69, 9.17) is 17.0 Å². The molecule has 32 heavy (non-hydrogen) atoms. The molecule has 2 aromatic carbocycles. The van der Waals surface area contributed by atoms with E-state index in [-0.39, 0.29) is 24.2 Å². The number of rotatable bonds is 7. The molecule has 164 valence electrons. The van der Waals surface area contributed by atoms with Crippen LogP contribution in [0.5, 0.6) is 5.75 Å². The number of aromatic amines is 1.